The maximum Gasteiger partial charge on any atom is 0.320 e. The predicted molar refractivity (Wildman–Crippen MR) is 122 cm³/mol. The van der Waals surface area contributed by atoms with Gasteiger partial charge in [-0.25, -0.2) is 8.42 Å². The number of methoxy groups -OCH3 is 1. The highest BCUT2D eigenvalue weighted by Crippen LogP contribution is 2.30. The van der Waals surface area contributed by atoms with Crippen LogP contribution in [0.15, 0.2) is 59.5 Å². The highest BCUT2D eigenvalue weighted by Gasteiger charge is 2.36. The van der Waals surface area contributed by atoms with Gasteiger partial charge in [0, 0.05) is 10.6 Å². The molecule has 0 saturated heterocycles. The number of carboxylic acid groups (broad SMARTS) is 2. The Labute approximate surface area is 194 Å². The Morgan fingerprint density at radius 2 is 1.64 bits per heavy atom. The van der Waals surface area contributed by atoms with Crippen molar-refractivity contribution < 1.29 is 33.0 Å². The van der Waals surface area contributed by atoms with Gasteiger partial charge in [-0.3, -0.25) is 14.3 Å². The molecule has 4 N–H and O–H groups in total. The molecular formula is C21H21N3O7S2. The Bertz CT molecular complexity index is 1230. The van der Waals surface area contributed by atoms with Crippen molar-refractivity contribution in [3.05, 3.63) is 65.0 Å². The topological polar surface area (TPSA) is 155 Å². The van der Waals surface area contributed by atoms with Gasteiger partial charge in [0.1, 0.15) is 5.75 Å². The number of anilines is 2. The molecule has 1 heterocycles. The van der Waals surface area contributed by atoms with Gasteiger partial charge in [-0.1, -0.05) is 12.1 Å². The first-order chi connectivity index (χ1) is 15.6. The summed E-state index contributed by atoms with van der Waals surface area (Å²) in [6.07, 6.45) is 0. The molecule has 0 amide bonds. The summed E-state index contributed by atoms with van der Waals surface area (Å²) < 4.78 is 36.6. The maximum absolute atomic E-state index is 12.6. The van der Waals surface area contributed by atoms with E-state index in [2.05, 4.69) is 14.4 Å². The van der Waals surface area contributed by atoms with Crippen molar-refractivity contribution in [2.75, 3.05) is 17.1 Å². The molecule has 1 aromatic heterocycles. The number of aliphatic carboxylic acids is 2. The molecule has 0 aliphatic heterocycles. The number of carboxylic acids is 2. The van der Waals surface area contributed by atoms with E-state index in [0.717, 1.165) is 4.88 Å². The van der Waals surface area contributed by atoms with Crippen LogP contribution >= 0.6 is 11.5 Å². The van der Waals surface area contributed by atoms with Gasteiger partial charge in [0.15, 0.2) is 11.7 Å². The van der Waals surface area contributed by atoms with Gasteiger partial charge < -0.3 is 20.3 Å². The summed E-state index contributed by atoms with van der Waals surface area (Å²) >= 11 is 1.17. The van der Waals surface area contributed by atoms with Crippen molar-refractivity contribution in [2.24, 2.45) is 5.92 Å². The third-order valence-electron chi connectivity index (χ3n) is 4.69. The quantitative estimate of drug-likeness (QED) is 0.313. The summed E-state index contributed by atoms with van der Waals surface area (Å²) in [5.74, 6) is -4.09. The maximum atomic E-state index is 12.6. The van der Waals surface area contributed by atoms with E-state index in [4.69, 9.17) is 4.74 Å². The molecule has 0 fully saturated rings. The number of nitrogens with zero attached hydrogens (tertiary/aromatic N) is 1. The van der Waals surface area contributed by atoms with Crippen LogP contribution in [0.1, 0.15) is 16.5 Å². The largest absolute Gasteiger partial charge is 0.497 e. The van der Waals surface area contributed by atoms with Gasteiger partial charge in [0.25, 0.3) is 10.0 Å². The molecule has 1 atom stereocenters. The van der Waals surface area contributed by atoms with E-state index in [1.807, 2.05) is 0 Å². The molecule has 12 heteroatoms. The van der Waals surface area contributed by atoms with Crippen LogP contribution in [0.4, 0.5) is 11.5 Å². The SMILES string of the molecule is COc1ccc(C(Nc2ccc(S(=O)(=O)Nc3cc(C)sn3)cc2)C(C(=O)O)C(=O)O)cc1. The fourth-order valence-corrected chi connectivity index (χ4v) is 4.64. The summed E-state index contributed by atoms with van der Waals surface area (Å²) in [5.41, 5.74) is 0.745. The number of hydrogen-bond acceptors (Lipinski definition) is 8. The Morgan fingerprint density at radius 1 is 1.03 bits per heavy atom. The van der Waals surface area contributed by atoms with Gasteiger partial charge in [0.2, 0.25) is 0 Å². The fourth-order valence-electron chi connectivity index (χ4n) is 3.08. The van der Waals surface area contributed by atoms with Gasteiger partial charge >= 0.3 is 11.9 Å². The molecule has 1 unspecified atom stereocenters. The van der Waals surface area contributed by atoms with Crippen LogP contribution in [0.2, 0.25) is 0 Å². The number of nitrogens with one attached hydrogen (secondary N) is 2. The highest BCUT2D eigenvalue weighted by atomic mass is 32.2. The number of aryl methyl sites for hydroxylation is 1. The van der Waals surface area contributed by atoms with Gasteiger partial charge in [-0.2, -0.15) is 4.37 Å². The lowest BCUT2D eigenvalue weighted by Gasteiger charge is -2.24. The number of sulfonamides is 1. The molecule has 0 spiro atoms. The van der Waals surface area contributed by atoms with Crippen LogP contribution in [-0.2, 0) is 19.6 Å². The van der Waals surface area contributed by atoms with E-state index in [9.17, 15) is 28.2 Å². The lowest BCUT2D eigenvalue weighted by molar-refractivity contribution is -0.155. The first-order valence-corrected chi connectivity index (χ1v) is 11.8. The van der Waals surface area contributed by atoms with E-state index >= 15 is 0 Å². The van der Waals surface area contributed by atoms with Crippen LogP contribution in [0.25, 0.3) is 0 Å². The zero-order chi connectivity index (χ0) is 24.2. The van der Waals surface area contributed by atoms with Crippen molar-refractivity contribution in [1.29, 1.82) is 0 Å². The van der Waals surface area contributed by atoms with E-state index in [1.54, 1.807) is 37.3 Å². The highest BCUT2D eigenvalue weighted by molar-refractivity contribution is 7.92. The second-order valence-corrected chi connectivity index (χ2v) is 9.69. The van der Waals surface area contributed by atoms with Crippen molar-refractivity contribution in [2.45, 2.75) is 17.9 Å². The predicted octanol–water partition coefficient (Wildman–Crippen LogP) is 3.20. The van der Waals surface area contributed by atoms with Crippen molar-refractivity contribution in [3.8, 4) is 5.75 Å². The van der Waals surface area contributed by atoms with E-state index in [0.29, 0.717) is 17.0 Å². The van der Waals surface area contributed by atoms with E-state index in [-0.39, 0.29) is 10.7 Å². The lowest BCUT2D eigenvalue weighted by atomic mass is 9.92. The Kier molecular flexibility index (Phi) is 7.19. The number of carbonyl (C=O) groups is 2. The van der Waals surface area contributed by atoms with Gasteiger partial charge in [-0.05, 0) is 66.5 Å². The number of benzene rings is 2. The number of rotatable bonds is 10. The Balaban J connectivity index is 1.87. The molecule has 0 radical (unpaired) electrons. The summed E-state index contributed by atoms with van der Waals surface area (Å²) in [6, 6.07) is 12.3. The molecule has 2 aromatic carbocycles. The molecule has 10 nitrogen and oxygen atoms in total. The van der Waals surface area contributed by atoms with Crippen LogP contribution in [0.5, 0.6) is 5.75 Å². The Morgan fingerprint density at radius 3 is 2.12 bits per heavy atom. The van der Waals surface area contributed by atoms with Crippen molar-refractivity contribution in [1.82, 2.24) is 4.37 Å². The van der Waals surface area contributed by atoms with E-state index in [1.165, 1.54) is 42.9 Å². The third kappa shape index (κ3) is 5.79. The van der Waals surface area contributed by atoms with Crippen molar-refractivity contribution >= 4 is 45.0 Å². The molecule has 0 aliphatic carbocycles. The standard InChI is InChI=1S/C21H21N3O7S2/c1-12-11-17(23-32-12)24-33(29,30)16-9-5-14(6-10-16)22-19(18(20(25)26)21(27)28)13-3-7-15(31-2)8-4-13/h3-11,18-19,22H,1-2H3,(H,23,24)(H,25,26)(H,27,28). The summed E-state index contributed by atoms with van der Waals surface area (Å²) in [5, 5.41) is 21.9. The molecular weight excluding hydrogens is 470 g/mol. The van der Waals surface area contributed by atoms with Gasteiger partial charge in [0.05, 0.1) is 18.0 Å². The molecule has 0 bridgehead atoms. The number of aromatic nitrogens is 1. The molecule has 0 saturated carbocycles. The lowest BCUT2D eigenvalue weighted by Crippen LogP contribution is -2.34. The minimum atomic E-state index is -3.88. The Hall–Kier alpha value is -3.64. The average molecular weight is 492 g/mol. The zero-order valence-electron chi connectivity index (χ0n) is 17.6. The van der Waals surface area contributed by atoms with Gasteiger partial charge in [-0.15, -0.1) is 0 Å². The minimum Gasteiger partial charge on any atom is -0.497 e. The average Bonchev–Trinajstić information content (AvgIpc) is 3.17. The minimum absolute atomic E-state index is 0.0345. The van der Waals surface area contributed by atoms with E-state index < -0.39 is 33.9 Å². The second-order valence-electron chi connectivity index (χ2n) is 7.00. The first kappa shape index (κ1) is 24.0. The van der Waals surface area contributed by atoms with Crippen LogP contribution in [0, 0.1) is 12.8 Å². The number of ether oxygens (including phenoxy) is 1. The molecule has 33 heavy (non-hydrogen) atoms. The normalized spacial score (nSPS) is 12.2. The third-order valence-corrected chi connectivity index (χ3v) is 6.76. The summed E-state index contributed by atoms with van der Waals surface area (Å²) in [4.78, 5) is 24.2. The van der Waals surface area contributed by atoms with Crippen molar-refractivity contribution in [3.63, 3.8) is 0 Å². The van der Waals surface area contributed by atoms with Crippen LogP contribution < -0.4 is 14.8 Å². The smallest absolute Gasteiger partial charge is 0.320 e. The number of hydrogen-bond donors (Lipinski definition) is 4. The summed E-state index contributed by atoms with van der Waals surface area (Å²) in [7, 11) is -2.41. The second kappa shape index (κ2) is 9.88. The first-order valence-electron chi connectivity index (χ1n) is 9.53. The molecule has 3 rings (SSSR count). The molecule has 174 valence electrons. The fraction of sp³-hybridized carbons (Fsp3) is 0.190. The zero-order valence-corrected chi connectivity index (χ0v) is 19.2. The van der Waals surface area contributed by atoms with Crippen LogP contribution in [-0.4, -0.2) is 42.1 Å². The van der Waals surface area contributed by atoms with Crippen LogP contribution in [0.3, 0.4) is 0 Å². The molecule has 0 aliphatic rings. The monoisotopic (exact) mass is 491 g/mol. The molecule has 3 aromatic rings. The summed E-state index contributed by atoms with van der Waals surface area (Å²) in [6.45, 7) is 1.80.